The zero-order valence-corrected chi connectivity index (χ0v) is 12.4. The fourth-order valence-electron chi connectivity index (χ4n) is 2.87. The molecule has 1 N–H and O–H groups in total. The third kappa shape index (κ3) is 3.95. The molecule has 1 aliphatic heterocycles. The zero-order valence-electron chi connectivity index (χ0n) is 12.4. The molecule has 0 aliphatic carbocycles. The van der Waals surface area contributed by atoms with Crippen molar-refractivity contribution >= 4 is 5.69 Å². The van der Waals surface area contributed by atoms with Crippen LogP contribution in [0.5, 0.6) is 0 Å². The summed E-state index contributed by atoms with van der Waals surface area (Å²) in [5.74, 6) is 0.773. The molecular weight excluding hydrogens is 236 g/mol. The first-order valence-electron chi connectivity index (χ1n) is 7.23. The van der Waals surface area contributed by atoms with Gasteiger partial charge >= 0.3 is 0 Å². The molecule has 0 saturated carbocycles. The summed E-state index contributed by atoms with van der Waals surface area (Å²) in [7, 11) is 4.19. The summed E-state index contributed by atoms with van der Waals surface area (Å²) in [5, 5.41) is 3.20. The predicted octanol–water partition coefficient (Wildman–Crippen LogP) is 2.58. The monoisotopic (exact) mass is 262 g/mol. The number of rotatable bonds is 5. The van der Waals surface area contributed by atoms with E-state index in [1.807, 2.05) is 7.05 Å². The van der Waals surface area contributed by atoms with Crippen molar-refractivity contribution in [2.45, 2.75) is 26.3 Å². The van der Waals surface area contributed by atoms with Gasteiger partial charge in [-0.05, 0) is 49.9 Å². The molecule has 19 heavy (non-hydrogen) atoms. The molecule has 0 spiro atoms. The van der Waals surface area contributed by atoms with E-state index in [-0.39, 0.29) is 0 Å². The average molecular weight is 262 g/mol. The SMILES string of the molecule is CNCc1ccc(N(C)CC2CCOCC2)c(C)c1. The number of hydrogen-bond donors (Lipinski definition) is 1. The number of benzene rings is 1. The summed E-state index contributed by atoms with van der Waals surface area (Å²) in [5.41, 5.74) is 4.07. The van der Waals surface area contributed by atoms with Crippen LogP contribution in [-0.4, -0.2) is 33.9 Å². The van der Waals surface area contributed by atoms with Gasteiger partial charge in [0, 0.05) is 39.0 Å². The van der Waals surface area contributed by atoms with Crippen molar-refractivity contribution in [3.8, 4) is 0 Å². The molecule has 0 atom stereocenters. The Labute approximate surface area is 116 Å². The first-order valence-corrected chi connectivity index (χ1v) is 7.23. The number of anilines is 1. The maximum atomic E-state index is 5.43. The van der Waals surface area contributed by atoms with Gasteiger partial charge in [0.2, 0.25) is 0 Å². The van der Waals surface area contributed by atoms with Gasteiger partial charge in [-0.15, -0.1) is 0 Å². The smallest absolute Gasteiger partial charge is 0.0469 e. The maximum absolute atomic E-state index is 5.43. The van der Waals surface area contributed by atoms with Crippen molar-refractivity contribution in [1.29, 1.82) is 0 Å². The molecule has 3 heteroatoms. The largest absolute Gasteiger partial charge is 0.381 e. The van der Waals surface area contributed by atoms with E-state index in [4.69, 9.17) is 4.74 Å². The molecule has 106 valence electrons. The molecule has 3 nitrogen and oxygen atoms in total. The van der Waals surface area contributed by atoms with Gasteiger partial charge in [0.05, 0.1) is 0 Å². The van der Waals surface area contributed by atoms with Crippen molar-refractivity contribution in [1.82, 2.24) is 5.32 Å². The third-order valence-corrected chi connectivity index (χ3v) is 3.93. The Morgan fingerprint density at radius 1 is 1.32 bits per heavy atom. The summed E-state index contributed by atoms with van der Waals surface area (Å²) in [6, 6.07) is 6.76. The van der Waals surface area contributed by atoms with E-state index in [1.54, 1.807) is 0 Å². The zero-order chi connectivity index (χ0) is 13.7. The van der Waals surface area contributed by atoms with E-state index in [0.717, 1.165) is 32.2 Å². The van der Waals surface area contributed by atoms with E-state index in [0.29, 0.717) is 0 Å². The minimum atomic E-state index is 0.773. The third-order valence-electron chi connectivity index (χ3n) is 3.93. The van der Waals surface area contributed by atoms with Gasteiger partial charge in [-0.3, -0.25) is 0 Å². The van der Waals surface area contributed by atoms with E-state index in [2.05, 4.69) is 42.4 Å². The summed E-state index contributed by atoms with van der Waals surface area (Å²) in [6.07, 6.45) is 2.39. The Hall–Kier alpha value is -1.06. The van der Waals surface area contributed by atoms with E-state index < -0.39 is 0 Å². The molecule has 0 unspecified atom stereocenters. The second-order valence-corrected chi connectivity index (χ2v) is 5.59. The van der Waals surface area contributed by atoms with Crippen molar-refractivity contribution in [3.05, 3.63) is 29.3 Å². The van der Waals surface area contributed by atoms with E-state index in [9.17, 15) is 0 Å². The van der Waals surface area contributed by atoms with Gasteiger partial charge in [-0.1, -0.05) is 12.1 Å². The number of nitrogens with one attached hydrogen (secondary N) is 1. The summed E-state index contributed by atoms with van der Waals surface area (Å²) in [6.45, 7) is 6.13. The van der Waals surface area contributed by atoms with E-state index in [1.165, 1.54) is 29.7 Å². The highest BCUT2D eigenvalue weighted by Crippen LogP contribution is 2.23. The van der Waals surface area contributed by atoms with Crippen LogP contribution < -0.4 is 10.2 Å². The van der Waals surface area contributed by atoms with Gasteiger partial charge in [-0.2, -0.15) is 0 Å². The molecule has 1 heterocycles. The summed E-state index contributed by atoms with van der Waals surface area (Å²) >= 11 is 0. The van der Waals surface area contributed by atoms with Gasteiger partial charge in [0.25, 0.3) is 0 Å². The molecular formula is C16H26N2O. The molecule has 0 bridgehead atoms. The Bertz CT molecular complexity index is 400. The van der Waals surface area contributed by atoms with Crippen molar-refractivity contribution in [2.75, 3.05) is 38.8 Å². The van der Waals surface area contributed by atoms with Crippen LogP contribution in [0.2, 0.25) is 0 Å². The lowest BCUT2D eigenvalue weighted by Gasteiger charge is -2.29. The van der Waals surface area contributed by atoms with Crippen LogP contribution in [0.25, 0.3) is 0 Å². The first-order chi connectivity index (χ1) is 9.20. The molecule has 0 aromatic heterocycles. The number of nitrogens with zero attached hydrogens (tertiary/aromatic N) is 1. The topological polar surface area (TPSA) is 24.5 Å². The molecule has 0 amide bonds. The van der Waals surface area contributed by atoms with Crippen LogP contribution in [0.15, 0.2) is 18.2 Å². The standard InChI is InChI=1S/C16H26N2O/c1-13-10-15(11-17-2)4-5-16(13)18(3)12-14-6-8-19-9-7-14/h4-5,10,14,17H,6-9,11-12H2,1-3H3. The maximum Gasteiger partial charge on any atom is 0.0469 e. The minimum absolute atomic E-state index is 0.773. The van der Waals surface area contributed by atoms with Crippen molar-refractivity contribution in [3.63, 3.8) is 0 Å². The summed E-state index contributed by atoms with van der Waals surface area (Å²) < 4.78 is 5.43. The number of hydrogen-bond acceptors (Lipinski definition) is 3. The molecule has 1 aromatic carbocycles. The molecule has 1 aliphatic rings. The van der Waals surface area contributed by atoms with Crippen LogP contribution in [0.3, 0.4) is 0 Å². The van der Waals surface area contributed by atoms with Gasteiger partial charge in [0.15, 0.2) is 0 Å². The van der Waals surface area contributed by atoms with Crippen LogP contribution in [0.1, 0.15) is 24.0 Å². The van der Waals surface area contributed by atoms with Crippen molar-refractivity contribution in [2.24, 2.45) is 5.92 Å². The van der Waals surface area contributed by atoms with Crippen LogP contribution >= 0.6 is 0 Å². The fourth-order valence-corrected chi connectivity index (χ4v) is 2.87. The lowest BCUT2D eigenvalue weighted by Crippen LogP contribution is -2.29. The summed E-state index contributed by atoms with van der Waals surface area (Å²) in [4.78, 5) is 2.40. The lowest BCUT2D eigenvalue weighted by atomic mass is 9.99. The normalized spacial score (nSPS) is 16.6. The highest BCUT2D eigenvalue weighted by atomic mass is 16.5. The average Bonchev–Trinajstić information content (AvgIpc) is 2.40. The second kappa shape index (κ2) is 6.92. The number of aryl methyl sites for hydroxylation is 1. The molecule has 1 saturated heterocycles. The minimum Gasteiger partial charge on any atom is -0.381 e. The number of ether oxygens (including phenoxy) is 1. The quantitative estimate of drug-likeness (QED) is 0.882. The van der Waals surface area contributed by atoms with Crippen LogP contribution in [-0.2, 0) is 11.3 Å². The Balaban J connectivity index is 1.99. The van der Waals surface area contributed by atoms with Gasteiger partial charge in [0.1, 0.15) is 0 Å². The fraction of sp³-hybridized carbons (Fsp3) is 0.625. The van der Waals surface area contributed by atoms with Gasteiger partial charge < -0.3 is 15.0 Å². The van der Waals surface area contributed by atoms with E-state index >= 15 is 0 Å². The Morgan fingerprint density at radius 3 is 2.68 bits per heavy atom. The predicted molar refractivity (Wildman–Crippen MR) is 80.8 cm³/mol. The van der Waals surface area contributed by atoms with Crippen LogP contribution in [0, 0.1) is 12.8 Å². The molecule has 2 rings (SSSR count). The highest BCUT2D eigenvalue weighted by molar-refractivity contribution is 5.54. The van der Waals surface area contributed by atoms with Crippen molar-refractivity contribution < 1.29 is 4.74 Å². The van der Waals surface area contributed by atoms with Gasteiger partial charge in [-0.25, -0.2) is 0 Å². The van der Waals surface area contributed by atoms with Crippen LogP contribution in [0.4, 0.5) is 5.69 Å². The molecule has 1 fully saturated rings. The first kappa shape index (κ1) is 14.4. The highest BCUT2D eigenvalue weighted by Gasteiger charge is 2.16. The lowest BCUT2D eigenvalue weighted by molar-refractivity contribution is 0.0685. The Morgan fingerprint density at radius 2 is 2.05 bits per heavy atom. The Kier molecular flexibility index (Phi) is 5.23. The molecule has 0 radical (unpaired) electrons. The molecule has 1 aromatic rings. The second-order valence-electron chi connectivity index (χ2n) is 5.59.